The van der Waals surface area contributed by atoms with Crippen molar-refractivity contribution in [2.75, 3.05) is 26.2 Å². The van der Waals surface area contributed by atoms with Crippen molar-refractivity contribution in [2.45, 2.75) is 39.3 Å². The summed E-state index contributed by atoms with van der Waals surface area (Å²) in [4.78, 5) is 2.53. The number of likely N-dealkylation sites (tertiary alicyclic amines) is 1. The predicted octanol–water partition coefficient (Wildman–Crippen LogP) is 3.97. The summed E-state index contributed by atoms with van der Waals surface area (Å²) in [5.41, 5.74) is 1.02. The van der Waals surface area contributed by atoms with Crippen LogP contribution >= 0.6 is 23.2 Å². The molecule has 1 N–H and O–H groups in total. The molecule has 0 amide bonds. The van der Waals surface area contributed by atoms with Crippen LogP contribution in [0.15, 0.2) is 12.1 Å². The van der Waals surface area contributed by atoms with Crippen LogP contribution in [0.25, 0.3) is 0 Å². The van der Waals surface area contributed by atoms with Gasteiger partial charge < -0.3 is 10.1 Å². The van der Waals surface area contributed by atoms with E-state index < -0.39 is 0 Å². The smallest absolute Gasteiger partial charge is 0.142 e. The zero-order valence-electron chi connectivity index (χ0n) is 12.8. The number of rotatable bonds is 7. The lowest BCUT2D eigenvalue weighted by atomic mass is 10.1. The van der Waals surface area contributed by atoms with Gasteiger partial charge in [0.15, 0.2) is 0 Å². The number of nitrogens with one attached hydrogen (secondary N) is 1. The van der Waals surface area contributed by atoms with Crippen molar-refractivity contribution in [1.29, 1.82) is 0 Å². The summed E-state index contributed by atoms with van der Waals surface area (Å²) >= 11 is 12.3. The number of likely N-dealkylation sites (N-methyl/N-ethyl adjacent to an activating group) is 1. The molecule has 2 rings (SSSR count). The number of ether oxygens (including phenoxy) is 1. The minimum atomic E-state index is 0.581. The molecule has 1 heterocycles. The molecule has 5 heteroatoms. The van der Waals surface area contributed by atoms with Crippen LogP contribution in [0.2, 0.25) is 10.0 Å². The second kappa shape index (κ2) is 8.23. The molecule has 0 spiro atoms. The highest BCUT2D eigenvalue weighted by Gasteiger charge is 2.22. The lowest BCUT2D eigenvalue weighted by Gasteiger charge is -2.23. The molecule has 0 radical (unpaired) electrons. The Bertz CT molecular complexity index is 468. The van der Waals surface area contributed by atoms with Crippen molar-refractivity contribution in [3.05, 3.63) is 27.7 Å². The summed E-state index contributed by atoms with van der Waals surface area (Å²) in [6, 6.07) is 4.30. The number of nitrogens with zero attached hydrogens (tertiary/aromatic N) is 1. The van der Waals surface area contributed by atoms with Crippen molar-refractivity contribution >= 4 is 23.2 Å². The van der Waals surface area contributed by atoms with Gasteiger partial charge in [-0.2, -0.15) is 0 Å². The quantitative estimate of drug-likeness (QED) is 0.818. The highest BCUT2D eigenvalue weighted by molar-refractivity contribution is 6.35. The van der Waals surface area contributed by atoms with Gasteiger partial charge in [-0.1, -0.05) is 30.1 Å². The number of hydrogen-bond acceptors (Lipinski definition) is 3. The summed E-state index contributed by atoms with van der Waals surface area (Å²) in [7, 11) is 0. The normalized spacial score (nSPS) is 19.1. The Hall–Kier alpha value is -0.480. The monoisotopic (exact) mass is 330 g/mol. The van der Waals surface area contributed by atoms with E-state index in [0.717, 1.165) is 30.9 Å². The number of halogens is 2. The molecule has 0 bridgehead atoms. The van der Waals surface area contributed by atoms with Crippen molar-refractivity contribution in [2.24, 2.45) is 0 Å². The average molecular weight is 331 g/mol. The van der Waals surface area contributed by atoms with Gasteiger partial charge in [0.1, 0.15) is 5.75 Å². The predicted molar refractivity (Wildman–Crippen MR) is 89.6 cm³/mol. The molecule has 1 aliphatic heterocycles. The first-order valence-electron chi connectivity index (χ1n) is 7.71. The maximum atomic E-state index is 6.22. The first kappa shape index (κ1) is 16.9. The van der Waals surface area contributed by atoms with E-state index in [1.54, 1.807) is 6.07 Å². The zero-order valence-corrected chi connectivity index (χ0v) is 14.3. The van der Waals surface area contributed by atoms with E-state index in [1.165, 1.54) is 19.4 Å². The van der Waals surface area contributed by atoms with E-state index in [1.807, 2.05) is 13.0 Å². The SMILES string of the molecule is CCOc1c(Cl)cc(Cl)cc1CNC[C@H]1CCCN1CC. The highest BCUT2D eigenvalue weighted by Crippen LogP contribution is 2.32. The molecule has 0 saturated carbocycles. The molecule has 1 aromatic rings. The zero-order chi connectivity index (χ0) is 15.2. The van der Waals surface area contributed by atoms with Crippen molar-refractivity contribution < 1.29 is 4.74 Å². The minimum Gasteiger partial charge on any atom is -0.492 e. The van der Waals surface area contributed by atoms with Crippen LogP contribution in [0.1, 0.15) is 32.3 Å². The van der Waals surface area contributed by atoms with Gasteiger partial charge in [-0.15, -0.1) is 0 Å². The maximum Gasteiger partial charge on any atom is 0.142 e. The summed E-state index contributed by atoms with van der Waals surface area (Å²) in [6.45, 7) is 8.84. The van der Waals surface area contributed by atoms with Crippen LogP contribution in [0.4, 0.5) is 0 Å². The Morgan fingerprint density at radius 1 is 1.33 bits per heavy atom. The third-order valence-corrected chi connectivity index (χ3v) is 4.47. The van der Waals surface area contributed by atoms with E-state index in [-0.39, 0.29) is 0 Å². The molecule has 1 aromatic carbocycles. The van der Waals surface area contributed by atoms with Crippen LogP contribution in [0, 0.1) is 0 Å². The first-order valence-corrected chi connectivity index (χ1v) is 8.46. The second-order valence-corrected chi connectivity index (χ2v) is 6.21. The molecule has 3 nitrogen and oxygen atoms in total. The summed E-state index contributed by atoms with van der Waals surface area (Å²) in [6.07, 6.45) is 2.57. The molecular weight excluding hydrogens is 307 g/mol. The average Bonchev–Trinajstić information content (AvgIpc) is 2.90. The molecule has 0 aliphatic carbocycles. The number of benzene rings is 1. The minimum absolute atomic E-state index is 0.581. The van der Waals surface area contributed by atoms with Crippen LogP contribution in [-0.2, 0) is 6.54 Å². The van der Waals surface area contributed by atoms with Crippen molar-refractivity contribution in [3.63, 3.8) is 0 Å². The Morgan fingerprint density at radius 3 is 2.86 bits per heavy atom. The van der Waals surface area contributed by atoms with Crippen molar-refractivity contribution in [1.82, 2.24) is 10.2 Å². The Kier molecular flexibility index (Phi) is 6.62. The van der Waals surface area contributed by atoms with E-state index in [4.69, 9.17) is 27.9 Å². The highest BCUT2D eigenvalue weighted by atomic mass is 35.5. The standard InChI is InChI=1S/C16H24Cl2N2O/c1-3-20-7-5-6-14(20)11-19-10-12-8-13(17)9-15(18)16(12)21-4-2/h8-9,14,19H,3-7,10-11H2,1-2H3/t14-/m1/s1. The van der Waals surface area contributed by atoms with Gasteiger partial charge >= 0.3 is 0 Å². The van der Waals surface area contributed by atoms with Gasteiger partial charge in [-0.3, -0.25) is 4.90 Å². The molecule has 118 valence electrons. The Labute approximate surface area is 137 Å². The summed E-state index contributed by atoms with van der Waals surface area (Å²) in [5, 5.41) is 4.75. The van der Waals surface area contributed by atoms with E-state index in [0.29, 0.717) is 22.7 Å². The van der Waals surface area contributed by atoms with Gasteiger partial charge in [0.2, 0.25) is 0 Å². The lowest BCUT2D eigenvalue weighted by molar-refractivity contribution is 0.259. The van der Waals surface area contributed by atoms with Gasteiger partial charge in [0.05, 0.1) is 11.6 Å². The van der Waals surface area contributed by atoms with Crippen LogP contribution in [-0.4, -0.2) is 37.2 Å². The topological polar surface area (TPSA) is 24.5 Å². The van der Waals surface area contributed by atoms with Crippen LogP contribution < -0.4 is 10.1 Å². The molecule has 1 aliphatic rings. The van der Waals surface area contributed by atoms with Gasteiger partial charge in [0.25, 0.3) is 0 Å². The maximum absolute atomic E-state index is 6.22. The fourth-order valence-electron chi connectivity index (χ4n) is 2.97. The van der Waals surface area contributed by atoms with Crippen LogP contribution in [0.5, 0.6) is 5.75 Å². The van der Waals surface area contributed by atoms with E-state index in [9.17, 15) is 0 Å². The first-order chi connectivity index (χ1) is 10.2. The van der Waals surface area contributed by atoms with Gasteiger partial charge in [-0.05, 0) is 45.0 Å². The number of hydrogen-bond donors (Lipinski definition) is 1. The Morgan fingerprint density at radius 2 is 2.14 bits per heavy atom. The third-order valence-electron chi connectivity index (χ3n) is 3.97. The van der Waals surface area contributed by atoms with E-state index >= 15 is 0 Å². The molecule has 1 saturated heterocycles. The fraction of sp³-hybridized carbons (Fsp3) is 0.625. The largest absolute Gasteiger partial charge is 0.492 e. The molecular formula is C16H24Cl2N2O. The Balaban J connectivity index is 1.96. The van der Waals surface area contributed by atoms with Gasteiger partial charge in [-0.25, -0.2) is 0 Å². The van der Waals surface area contributed by atoms with Gasteiger partial charge in [0, 0.05) is 29.7 Å². The molecule has 1 atom stereocenters. The fourth-order valence-corrected chi connectivity index (χ4v) is 3.56. The van der Waals surface area contributed by atoms with Crippen molar-refractivity contribution in [3.8, 4) is 5.75 Å². The van der Waals surface area contributed by atoms with Crippen LogP contribution in [0.3, 0.4) is 0 Å². The molecule has 0 aromatic heterocycles. The van der Waals surface area contributed by atoms with E-state index in [2.05, 4.69) is 17.1 Å². The third kappa shape index (κ3) is 4.49. The molecule has 21 heavy (non-hydrogen) atoms. The second-order valence-electron chi connectivity index (χ2n) is 5.36. The molecule has 1 fully saturated rings. The molecule has 0 unspecified atom stereocenters. The summed E-state index contributed by atoms with van der Waals surface area (Å²) < 4.78 is 5.65. The lowest BCUT2D eigenvalue weighted by Crippen LogP contribution is -2.37. The summed E-state index contributed by atoms with van der Waals surface area (Å²) in [5.74, 6) is 0.745.